The number of carbonyl (C=O) groups excluding carboxylic acids is 2. The molecule has 0 aliphatic rings. The fourth-order valence-corrected chi connectivity index (χ4v) is 3.44. The van der Waals surface area contributed by atoms with Crippen LogP contribution in [0.2, 0.25) is 0 Å². The number of nitrogens with one attached hydrogen (secondary N) is 1. The van der Waals surface area contributed by atoms with Crippen molar-refractivity contribution in [3.8, 4) is 11.5 Å². The lowest BCUT2D eigenvalue weighted by Crippen LogP contribution is -2.50. The number of imide groups is 1. The van der Waals surface area contributed by atoms with Gasteiger partial charge in [-0.25, -0.2) is 4.90 Å². The summed E-state index contributed by atoms with van der Waals surface area (Å²) >= 11 is 0. The third kappa shape index (κ3) is 5.64. The summed E-state index contributed by atoms with van der Waals surface area (Å²) in [6.07, 6.45) is -0.564. The van der Waals surface area contributed by atoms with Gasteiger partial charge in [0.1, 0.15) is 0 Å². The first kappa shape index (κ1) is 26.6. The number of carboxylic acid groups (broad SMARTS) is 2. The van der Waals surface area contributed by atoms with Gasteiger partial charge in [-0.2, -0.15) is 5.10 Å². The minimum Gasteiger partial charge on any atom is -0.493 e. The van der Waals surface area contributed by atoms with E-state index in [0.717, 1.165) is 4.90 Å². The quantitative estimate of drug-likeness (QED) is 0.441. The lowest BCUT2D eigenvalue weighted by atomic mass is 9.82. The van der Waals surface area contributed by atoms with Crippen molar-refractivity contribution in [1.82, 2.24) is 10.2 Å². The van der Waals surface area contributed by atoms with E-state index in [4.69, 9.17) is 19.7 Å². The van der Waals surface area contributed by atoms with Crippen molar-refractivity contribution < 1.29 is 38.9 Å². The summed E-state index contributed by atoms with van der Waals surface area (Å²) in [5.41, 5.74) is -1.97. The average Bonchev–Trinajstić information content (AvgIpc) is 3.17. The number of fused-ring (bicyclic) bond motifs is 1. The van der Waals surface area contributed by atoms with Crippen molar-refractivity contribution in [2.24, 2.45) is 10.8 Å². The van der Waals surface area contributed by atoms with Gasteiger partial charge in [-0.3, -0.25) is 24.3 Å². The number of anilines is 1. The SMILES string of the molecule is COc1cc2[nH]nc(N(C(=O)C(C)(C)CCC(=O)O)C(=O)C(C)(C)CCC(=O)O)c2cc1OC. The number of aliphatic carboxylic acids is 2. The standard InChI is InChI=1S/C23H31N3O8/c1-22(2,9-7-17(27)28)20(31)26(21(32)23(3,4)10-8-18(29)30)19-13-11-15(33-5)16(34-6)12-14(13)24-25-19/h11-12H,7-10H2,1-6H3,(H,24,25)(H,27,28)(H,29,30). The predicted octanol–water partition coefficient (Wildman–Crippen LogP) is 3.22. The summed E-state index contributed by atoms with van der Waals surface area (Å²) in [6.45, 7) is 6.23. The topological polar surface area (TPSA) is 159 Å². The van der Waals surface area contributed by atoms with Crippen LogP contribution in [0, 0.1) is 10.8 Å². The highest BCUT2D eigenvalue weighted by molar-refractivity contribution is 6.20. The van der Waals surface area contributed by atoms with Crippen LogP contribution in [0.1, 0.15) is 53.4 Å². The zero-order chi connectivity index (χ0) is 25.8. The lowest BCUT2D eigenvalue weighted by molar-refractivity contribution is -0.138. The summed E-state index contributed by atoms with van der Waals surface area (Å²) in [5, 5.41) is 25.6. The van der Waals surface area contributed by atoms with Crippen LogP contribution in [-0.4, -0.2) is 58.4 Å². The number of ether oxygens (including phenoxy) is 2. The first-order valence-corrected chi connectivity index (χ1v) is 10.7. The lowest BCUT2D eigenvalue weighted by Gasteiger charge is -2.34. The van der Waals surface area contributed by atoms with Gasteiger partial charge >= 0.3 is 11.9 Å². The molecule has 0 fully saturated rings. The first-order valence-electron chi connectivity index (χ1n) is 10.7. The maximum absolute atomic E-state index is 13.7. The zero-order valence-electron chi connectivity index (χ0n) is 20.2. The van der Waals surface area contributed by atoms with Gasteiger partial charge in [0.15, 0.2) is 17.3 Å². The van der Waals surface area contributed by atoms with Gasteiger partial charge in [-0.1, -0.05) is 27.7 Å². The number of methoxy groups -OCH3 is 2. The highest BCUT2D eigenvalue weighted by Gasteiger charge is 2.43. The second-order valence-corrected chi connectivity index (χ2v) is 9.30. The smallest absolute Gasteiger partial charge is 0.303 e. The Morgan fingerprint density at radius 2 is 1.32 bits per heavy atom. The molecule has 0 saturated carbocycles. The van der Waals surface area contributed by atoms with Crippen molar-refractivity contribution in [2.45, 2.75) is 53.4 Å². The van der Waals surface area contributed by atoms with Gasteiger partial charge in [0, 0.05) is 35.1 Å². The van der Waals surface area contributed by atoms with Crippen LogP contribution in [0.4, 0.5) is 5.82 Å². The van der Waals surface area contributed by atoms with Gasteiger partial charge in [-0.15, -0.1) is 0 Å². The molecule has 11 nitrogen and oxygen atoms in total. The Morgan fingerprint density at radius 3 is 1.74 bits per heavy atom. The second-order valence-electron chi connectivity index (χ2n) is 9.30. The molecule has 0 aliphatic heterocycles. The van der Waals surface area contributed by atoms with E-state index in [1.807, 2.05) is 0 Å². The molecule has 0 bridgehead atoms. The van der Waals surface area contributed by atoms with E-state index in [0.29, 0.717) is 22.4 Å². The van der Waals surface area contributed by atoms with Crippen molar-refractivity contribution in [3.63, 3.8) is 0 Å². The molecule has 1 heterocycles. The van der Waals surface area contributed by atoms with Crippen LogP contribution in [0.5, 0.6) is 11.5 Å². The van der Waals surface area contributed by atoms with Gasteiger partial charge in [0.25, 0.3) is 0 Å². The monoisotopic (exact) mass is 477 g/mol. The first-order chi connectivity index (χ1) is 15.7. The molecular weight excluding hydrogens is 446 g/mol. The number of hydrogen-bond acceptors (Lipinski definition) is 7. The molecule has 11 heteroatoms. The fraction of sp³-hybridized carbons (Fsp3) is 0.522. The maximum Gasteiger partial charge on any atom is 0.303 e. The minimum atomic E-state index is -1.22. The molecule has 3 N–H and O–H groups in total. The molecular formula is C23H31N3O8. The van der Waals surface area contributed by atoms with Crippen LogP contribution in [0.25, 0.3) is 10.9 Å². The number of rotatable bonds is 11. The number of hydrogen-bond donors (Lipinski definition) is 3. The molecule has 0 unspecified atom stereocenters. The summed E-state index contributed by atoms with van der Waals surface area (Å²) in [7, 11) is 2.91. The normalized spacial score (nSPS) is 11.8. The third-order valence-electron chi connectivity index (χ3n) is 5.75. The summed E-state index contributed by atoms with van der Waals surface area (Å²) in [5.74, 6) is -2.65. The molecule has 0 saturated heterocycles. The Bertz CT molecular complexity index is 1060. The number of H-pyrrole nitrogens is 1. The Morgan fingerprint density at radius 1 is 0.882 bits per heavy atom. The van der Waals surface area contributed by atoms with Gasteiger partial charge in [0.05, 0.1) is 19.7 Å². The molecule has 1 aromatic heterocycles. The molecule has 2 aromatic rings. The second kappa shape index (κ2) is 10.1. The number of aromatic nitrogens is 2. The van der Waals surface area contributed by atoms with Crippen molar-refractivity contribution >= 4 is 40.5 Å². The number of benzene rings is 1. The Balaban J connectivity index is 2.66. The van der Waals surface area contributed by atoms with E-state index in [9.17, 15) is 19.2 Å². The number of nitrogens with zero attached hydrogens (tertiary/aromatic N) is 2. The predicted molar refractivity (Wildman–Crippen MR) is 123 cm³/mol. The Kier molecular flexibility index (Phi) is 7.91. The van der Waals surface area contributed by atoms with E-state index < -0.39 is 34.6 Å². The fourth-order valence-electron chi connectivity index (χ4n) is 3.44. The number of carbonyl (C=O) groups is 4. The van der Waals surface area contributed by atoms with Crippen molar-refractivity contribution in [1.29, 1.82) is 0 Å². The Hall–Kier alpha value is -3.63. The van der Waals surface area contributed by atoms with Crippen LogP contribution in [-0.2, 0) is 19.2 Å². The highest BCUT2D eigenvalue weighted by atomic mass is 16.5. The number of aromatic amines is 1. The molecule has 2 amide bonds. The number of carboxylic acids is 2. The maximum atomic E-state index is 13.7. The molecule has 0 spiro atoms. The van der Waals surface area contributed by atoms with E-state index in [-0.39, 0.29) is 31.5 Å². The Labute approximate surface area is 197 Å². The van der Waals surface area contributed by atoms with E-state index in [1.165, 1.54) is 14.2 Å². The zero-order valence-corrected chi connectivity index (χ0v) is 20.2. The third-order valence-corrected chi connectivity index (χ3v) is 5.75. The molecule has 0 radical (unpaired) electrons. The molecule has 1 aromatic carbocycles. The van der Waals surface area contributed by atoms with E-state index in [2.05, 4.69) is 10.2 Å². The largest absolute Gasteiger partial charge is 0.493 e. The molecule has 186 valence electrons. The van der Waals surface area contributed by atoms with E-state index in [1.54, 1.807) is 39.8 Å². The van der Waals surface area contributed by atoms with E-state index >= 15 is 0 Å². The molecule has 0 atom stereocenters. The summed E-state index contributed by atoms with van der Waals surface area (Å²) in [6, 6.07) is 3.19. The van der Waals surface area contributed by atoms with Gasteiger partial charge < -0.3 is 19.7 Å². The van der Waals surface area contributed by atoms with Crippen LogP contribution < -0.4 is 14.4 Å². The minimum absolute atomic E-state index is 0.0118. The van der Waals surface area contributed by atoms with Gasteiger partial charge in [0.2, 0.25) is 11.8 Å². The van der Waals surface area contributed by atoms with Crippen molar-refractivity contribution in [3.05, 3.63) is 12.1 Å². The molecule has 2 rings (SSSR count). The van der Waals surface area contributed by atoms with Gasteiger partial charge in [-0.05, 0) is 18.9 Å². The molecule has 0 aliphatic carbocycles. The average molecular weight is 478 g/mol. The highest BCUT2D eigenvalue weighted by Crippen LogP contribution is 2.39. The van der Waals surface area contributed by atoms with Crippen LogP contribution in [0.15, 0.2) is 12.1 Å². The summed E-state index contributed by atoms with van der Waals surface area (Å²) in [4.78, 5) is 50.6. The van der Waals surface area contributed by atoms with Crippen LogP contribution in [0.3, 0.4) is 0 Å². The van der Waals surface area contributed by atoms with Crippen molar-refractivity contribution in [2.75, 3.05) is 19.1 Å². The number of amides is 2. The summed E-state index contributed by atoms with van der Waals surface area (Å²) < 4.78 is 10.6. The molecule has 34 heavy (non-hydrogen) atoms. The van der Waals surface area contributed by atoms with Crippen LogP contribution >= 0.6 is 0 Å².